The van der Waals surface area contributed by atoms with E-state index in [4.69, 9.17) is 14.6 Å². The van der Waals surface area contributed by atoms with Crippen LogP contribution >= 0.6 is 0 Å². The van der Waals surface area contributed by atoms with E-state index in [0.717, 1.165) is 5.75 Å². The third kappa shape index (κ3) is 3.28. The maximum absolute atomic E-state index is 9.16. The van der Waals surface area contributed by atoms with Gasteiger partial charge < -0.3 is 14.6 Å². The number of hydrogen-bond acceptors (Lipinski definition) is 3. The van der Waals surface area contributed by atoms with Crippen molar-refractivity contribution in [2.24, 2.45) is 0 Å². The van der Waals surface area contributed by atoms with Gasteiger partial charge in [0.05, 0.1) is 0 Å². The van der Waals surface area contributed by atoms with E-state index in [2.05, 4.69) is 6.58 Å². The van der Waals surface area contributed by atoms with E-state index in [9.17, 15) is 0 Å². The first-order valence-electron chi connectivity index (χ1n) is 5.58. The molecule has 0 heterocycles. The Morgan fingerprint density at radius 3 is 1.94 bits per heavy atom. The van der Waals surface area contributed by atoms with E-state index in [1.165, 1.54) is 0 Å². The van der Waals surface area contributed by atoms with E-state index in [1.54, 1.807) is 30.3 Å². The van der Waals surface area contributed by atoms with Crippen molar-refractivity contribution >= 4 is 0 Å². The second kappa shape index (κ2) is 5.77. The summed E-state index contributed by atoms with van der Waals surface area (Å²) >= 11 is 0. The largest absolute Gasteiger partial charge is 0.508 e. The summed E-state index contributed by atoms with van der Waals surface area (Å²) in [7, 11) is 0. The molecular formula is C15H14O3. The average molecular weight is 242 g/mol. The van der Waals surface area contributed by atoms with Crippen molar-refractivity contribution in [3.05, 3.63) is 61.2 Å². The summed E-state index contributed by atoms with van der Waals surface area (Å²) in [4.78, 5) is 0. The van der Waals surface area contributed by atoms with Crippen LogP contribution < -0.4 is 9.47 Å². The summed E-state index contributed by atoms with van der Waals surface area (Å²) in [6.45, 7) is 4.07. The Balaban J connectivity index is 2.01. The number of ether oxygens (including phenoxy) is 2. The number of aromatic hydroxyl groups is 1. The highest BCUT2D eigenvalue weighted by Gasteiger charge is 1.98. The molecule has 0 aromatic heterocycles. The molecule has 2 aromatic carbocycles. The van der Waals surface area contributed by atoms with Gasteiger partial charge in [0.2, 0.25) is 0 Å². The predicted molar refractivity (Wildman–Crippen MR) is 70.3 cm³/mol. The van der Waals surface area contributed by atoms with Gasteiger partial charge in [-0.05, 0) is 48.5 Å². The SMILES string of the molecule is C=CCOc1ccc(Oc2ccc(O)cc2)cc1. The molecule has 0 aliphatic rings. The predicted octanol–water partition coefficient (Wildman–Crippen LogP) is 3.75. The van der Waals surface area contributed by atoms with E-state index < -0.39 is 0 Å². The summed E-state index contributed by atoms with van der Waals surface area (Å²) in [6, 6.07) is 13.9. The summed E-state index contributed by atoms with van der Waals surface area (Å²) < 4.78 is 11.0. The lowest BCUT2D eigenvalue weighted by Gasteiger charge is -2.07. The van der Waals surface area contributed by atoms with E-state index in [0.29, 0.717) is 18.1 Å². The molecule has 0 saturated carbocycles. The Bertz CT molecular complexity index is 500. The Morgan fingerprint density at radius 1 is 0.889 bits per heavy atom. The maximum Gasteiger partial charge on any atom is 0.127 e. The van der Waals surface area contributed by atoms with E-state index in [1.807, 2.05) is 24.3 Å². The molecule has 0 amide bonds. The molecule has 3 heteroatoms. The fraction of sp³-hybridized carbons (Fsp3) is 0.0667. The Kier molecular flexibility index (Phi) is 3.86. The number of phenolic OH excluding ortho intramolecular Hbond substituents is 1. The van der Waals surface area contributed by atoms with Gasteiger partial charge >= 0.3 is 0 Å². The zero-order valence-electron chi connectivity index (χ0n) is 9.87. The fourth-order valence-electron chi connectivity index (χ4n) is 1.41. The molecule has 0 saturated heterocycles. The quantitative estimate of drug-likeness (QED) is 0.811. The lowest BCUT2D eigenvalue weighted by atomic mass is 10.3. The maximum atomic E-state index is 9.16. The standard InChI is InChI=1S/C15H14O3/c1-2-11-17-13-7-9-15(10-8-13)18-14-5-3-12(16)4-6-14/h2-10,16H,1,11H2. The zero-order chi connectivity index (χ0) is 12.8. The molecule has 92 valence electrons. The summed E-state index contributed by atoms with van der Waals surface area (Å²) in [6.07, 6.45) is 1.70. The molecule has 0 bridgehead atoms. The average Bonchev–Trinajstić information content (AvgIpc) is 2.41. The summed E-state index contributed by atoms with van der Waals surface area (Å²) in [5.41, 5.74) is 0. The topological polar surface area (TPSA) is 38.7 Å². The van der Waals surface area contributed by atoms with Crippen LogP contribution in [0, 0.1) is 0 Å². The number of hydrogen-bond donors (Lipinski definition) is 1. The number of phenols is 1. The van der Waals surface area contributed by atoms with E-state index in [-0.39, 0.29) is 5.75 Å². The minimum atomic E-state index is 0.218. The van der Waals surface area contributed by atoms with Gasteiger partial charge in [-0.25, -0.2) is 0 Å². The lowest BCUT2D eigenvalue weighted by molar-refractivity contribution is 0.362. The third-order valence-corrected chi connectivity index (χ3v) is 2.26. The molecule has 3 nitrogen and oxygen atoms in total. The minimum absolute atomic E-state index is 0.218. The van der Waals surface area contributed by atoms with Crippen LogP contribution in [0.25, 0.3) is 0 Å². The van der Waals surface area contributed by atoms with Gasteiger partial charge in [-0.15, -0.1) is 0 Å². The van der Waals surface area contributed by atoms with Crippen LogP contribution in [0.15, 0.2) is 61.2 Å². The normalized spacial score (nSPS) is 9.78. The van der Waals surface area contributed by atoms with Crippen LogP contribution in [0.3, 0.4) is 0 Å². The highest BCUT2D eigenvalue weighted by molar-refractivity contribution is 5.37. The van der Waals surface area contributed by atoms with Gasteiger partial charge in [-0.1, -0.05) is 12.7 Å². The van der Waals surface area contributed by atoms with Crippen molar-refractivity contribution in [2.75, 3.05) is 6.61 Å². The van der Waals surface area contributed by atoms with Gasteiger partial charge in [0.15, 0.2) is 0 Å². The van der Waals surface area contributed by atoms with Crippen LogP contribution in [-0.2, 0) is 0 Å². The fourth-order valence-corrected chi connectivity index (χ4v) is 1.41. The summed E-state index contributed by atoms with van der Waals surface area (Å²) in [5, 5.41) is 9.16. The molecule has 2 aromatic rings. The molecule has 0 radical (unpaired) electrons. The van der Waals surface area contributed by atoms with Gasteiger partial charge in [-0.2, -0.15) is 0 Å². The Labute approximate surface area is 106 Å². The monoisotopic (exact) mass is 242 g/mol. The van der Waals surface area contributed by atoms with Crippen molar-refractivity contribution in [1.82, 2.24) is 0 Å². The van der Waals surface area contributed by atoms with E-state index >= 15 is 0 Å². The lowest BCUT2D eigenvalue weighted by Crippen LogP contribution is -1.92. The van der Waals surface area contributed by atoms with Crippen molar-refractivity contribution in [1.29, 1.82) is 0 Å². The molecule has 0 atom stereocenters. The van der Waals surface area contributed by atoms with Crippen LogP contribution in [0.5, 0.6) is 23.0 Å². The molecule has 0 unspecified atom stereocenters. The van der Waals surface area contributed by atoms with Crippen molar-refractivity contribution in [3.8, 4) is 23.0 Å². The molecule has 2 rings (SSSR count). The molecule has 18 heavy (non-hydrogen) atoms. The molecule has 0 aliphatic carbocycles. The van der Waals surface area contributed by atoms with Gasteiger partial charge in [0.1, 0.15) is 29.6 Å². The van der Waals surface area contributed by atoms with Crippen LogP contribution in [0.4, 0.5) is 0 Å². The number of rotatable bonds is 5. The van der Waals surface area contributed by atoms with Crippen molar-refractivity contribution < 1.29 is 14.6 Å². The van der Waals surface area contributed by atoms with Crippen LogP contribution in [0.1, 0.15) is 0 Å². The number of benzene rings is 2. The van der Waals surface area contributed by atoms with Gasteiger partial charge in [0.25, 0.3) is 0 Å². The second-order valence-corrected chi connectivity index (χ2v) is 3.67. The zero-order valence-corrected chi connectivity index (χ0v) is 9.87. The minimum Gasteiger partial charge on any atom is -0.508 e. The summed E-state index contributed by atoms with van der Waals surface area (Å²) in [5.74, 6) is 2.38. The van der Waals surface area contributed by atoms with Crippen LogP contribution in [-0.4, -0.2) is 11.7 Å². The first-order valence-corrected chi connectivity index (χ1v) is 5.58. The molecule has 0 fully saturated rings. The Morgan fingerprint density at radius 2 is 1.39 bits per heavy atom. The molecule has 0 spiro atoms. The van der Waals surface area contributed by atoms with Crippen LogP contribution in [0.2, 0.25) is 0 Å². The smallest absolute Gasteiger partial charge is 0.127 e. The Hall–Kier alpha value is -2.42. The molecular weight excluding hydrogens is 228 g/mol. The molecule has 1 N–H and O–H groups in total. The highest BCUT2D eigenvalue weighted by Crippen LogP contribution is 2.25. The van der Waals surface area contributed by atoms with Gasteiger partial charge in [-0.3, -0.25) is 0 Å². The second-order valence-electron chi connectivity index (χ2n) is 3.67. The molecule has 0 aliphatic heterocycles. The first kappa shape index (κ1) is 12.0. The highest BCUT2D eigenvalue weighted by atomic mass is 16.5. The van der Waals surface area contributed by atoms with Crippen molar-refractivity contribution in [3.63, 3.8) is 0 Å². The van der Waals surface area contributed by atoms with Gasteiger partial charge in [0, 0.05) is 0 Å². The van der Waals surface area contributed by atoms with Crippen molar-refractivity contribution in [2.45, 2.75) is 0 Å². The third-order valence-electron chi connectivity index (χ3n) is 2.26. The first-order chi connectivity index (χ1) is 8.78.